The highest BCUT2D eigenvalue weighted by molar-refractivity contribution is 7.95. The van der Waals surface area contributed by atoms with Gasteiger partial charge in [0.25, 0.3) is 0 Å². The number of hydrogen-bond acceptors (Lipinski definition) is 8. The van der Waals surface area contributed by atoms with Gasteiger partial charge in [0.05, 0.1) is 23.8 Å². The fourth-order valence-corrected chi connectivity index (χ4v) is 7.71. The molecule has 0 saturated carbocycles. The summed E-state index contributed by atoms with van der Waals surface area (Å²) >= 11 is 6.59. The van der Waals surface area contributed by atoms with Crippen molar-refractivity contribution in [2.24, 2.45) is 0 Å². The molecule has 0 spiro atoms. The number of nitrogens with zero attached hydrogens (tertiary/aromatic N) is 2. The third-order valence-corrected chi connectivity index (χ3v) is 9.40. The molecule has 2 aliphatic rings. The normalized spacial score (nSPS) is 21.0. The first kappa shape index (κ1) is 18.9. The lowest BCUT2D eigenvalue weighted by atomic mass is 9.89. The second-order valence-electron chi connectivity index (χ2n) is 7.55. The number of thiophene rings is 2. The predicted octanol–water partition coefficient (Wildman–Crippen LogP) is 6.29. The summed E-state index contributed by atoms with van der Waals surface area (Å²) in [7, 11) is 0. The summed E-state index contributed by atoms with van der Waals surface area (Å²) in [6.45, 7) is 4.29. The van der Waals surface area contributed by atoms with E-state index in [-0.39, 0.29) is 0 Å². The SMILES string of the molecule is CC1=CC=C(c2ccc(-c3ccc(-c4ccc(C)c5nsnc45)s3)s2)C2NSNC12. The highest BCUT2D eigenvalue weighted by Gasteiger charge is 2.34. The van der Waals surface area contributed by atoms with Gasteiger partial charge in [-0.3, -0.25) is 0 Å². The van der Waals surface area contributed by atoms with Crippen molar-refractivity contribution in [2.75, 3.05) is 0 Å². The molecule has 1 saturated heterocycles. The molecule has 4 heterocycles. The van der Waals surface area contributed by atoms with E-state index >= 15 is 0 Å². The van der Waals surface area contributed by atoms with Crippen molar-refractivity contribution >= 4 is 63.1 Å². The molecule has 150 valence electrons. The van der Waals surface area contributed by atoms with Crippen LogP contribution in [0.4, 0.5) is 0 Å². The minimum atomic E-state index is 0.323. The molecule has 4 aromatic rings. The second kappa shape index (κ2) is 7.40. The van der Waals surface area contributed by atoms with Crippen LogP contribution >= 0.6 is 46.5 Å². The molecular formula is C22H18N4S4. The molecule has 2 N–H and O–H groups in total. The van der Waals surface area contributed by atoms with Gasteiger partial charge >= 0.3 is 0 Å². The molecule has 3 aromatic heterocycles. The van der Waals surface area contributed by atoms with Crippen LogP contribution in [0.2, 0.25) is 0 Å². The van der Waals surface area contributed by atoms with Crippen molar-refractivity contribution in [3.63, 3.8) is 0 Å². The minimum absolute atomic E-state index is 0.323. The fourth-order valence-electron chi connectivity index (χ4n) is 3.99. The average Bonchev–Trinajstić information content (AvgIpc) is 3.54. The molecule has 0 radical (unpaired) electrons. The number of hydrogen-bond donors (Lipinski definition) is 2. The lowest BCUT2D eigenvalue weighted by molar-refractivity contribution is 0.658. The number of nitrogens with one attached hydrogen (secondary N) is 2. The number of aryl methyl sites for hydroxylation is 1. The van der Waals surface area contributed by atoms with Gasteiger partial charge in [-0.05, 0) is 49.2 Å². The van der Waals surface area contributed by atoms with Crippen LogP contribution in [-0.4, -0.2) is 20.8 Å². The lowest BCUT2D eigenvalue weighted by Crippen LogP contribution is -2.36. The fraction of sp³-hybridized carbons (Fsp3) is 0.182. The van der Waals surface area contributed by atoms with Crippen LogP contribution < -0.4 is 9.44 Å². The van der Waals surface area contributed by atoms with Crippen LogP contribution in [0, 0.1) is 6.92 Å². The zero-order chi connectivity index (χ0) is 20.2. The molecule has 30 heavy (non-hydrogen) atoms. The van der Waals surface area contributed by atoms with Gasteiger partial charge in [0, 0.05) is 37.2 Å². The standard InChI is InChI=1S/C22H18N4S4/c1-11-3-5-13(21-19(11)23-29-25-21)15-7-9-17(27-15)18-10-8-16(28-18)14-6-4-12(2)20-22(14)26-30-24-20/h3-10,19,21,23,25H,1-2H3. The number of benzene rings is 1. The van der Waals surface area contributed by atoms with Gasteiger partial charge < -0.3 is 0 Å². The summed E-state index contributed by atoms with van der Waals surface area (Å²) in [5.74, 6) is 0. The van der Waals surface area contributed by atoms with E-state index < -0.39 is 0 Å². The zero-order valence-corrected chi connectivity index (χ0v) is 19.6. The first-order valence-corrected chi connectivity index (χ1v) is 12.8. The summed E-state index contributed by atoms with van der Waals surface area (Å²) < 4.78 is 16.0. The Balaban J connectivity index is 1.34. The van der Waals surface area contributed by atoms with E-state index in [1.807, 2.05) is 22.7 Å². The summed E-state index contributed by atoms with van der Waals surface area (Å²) in [4.78, 5) is 5.18. The molecule has 0 amide bonds. The van der Waals surface area contributed by atoms with E-state index in [4.69, 9.17) is 0 Å². The smallest absolute Gasteiger partial charge is 0.113 e. The maximum atomic E-state index is 4.55. The third kappa shape index (κ3) is 3.02. The Hall–Kier alpha value is -1.81. The second-order valence-corrected chi connectivity index (χ2v) is 10.9. The Labute approximate surface area is 191 Å². The van der Waals surface area contributed by atoms with E-state index in [2.05, 4.69) is 80.6 Å². The Morgan fingerprint density at radius 1 is 0.733 bits per heavy atom. The predicted molar refractivity (Wildman–Crippen MR) is 132 cm³/mol. The van der Waals surface area contributed by atoms with Gasteiger partial charge in [0.15, 0.2) is 0 Å². The van der Waals surface area contributed by atoms with Gasteiger partial charge in [-0.25, -0.2) is 9.44 Å². The summed E-state index contributed by atoms with van der Waals surface area (Å²) in [5.41, 5.74) is 7.13. The first-order valence-electron chi connectivity index (χ1n) is 9.67. The van der Waals surface area contributed by atoms with Crippen LogP contribution in [0.3, 0.4) is 0 Å². The van der Waals surface area contributed by atoms with E-state index in [9.17, 15) is 0 Å². The van der Waals surface area contributed by atoms with Crippen molar-refractivity contribution in [1.82, 2.24) is 18.2 Å². The maximum absolute atomic E-state index is 4.55. The summed E-state index contributed by atoms with van der Waals surface area (Å²) in [5, 5.41) is 0. The van der Waals surface area contributed by atoms with Crippen molar-refractivity contribution in [3.05, 3.63) is 64.6 Å². The molecule has 1 fully saturated rings. The topological polar surface area (TPSA) is 49.8 Å². The Bertz CT molecular complexity index is 1330. The van der Waals surface area contributed by atoms with Crippen LogP contribution in [-0.2, 0) is 0 Å². The van der Waals surface area contributed by atoms with Crippen LogP contribution in [0.5, 0.6) is 0 Å². The molecule has 1 aliphatic carbocycles. The van der Waals surface area contributed by atoms with Crippen LogP contribution in [0.25, 0.3) is 36.8 Å². The van der Waals surface area contributed by atoms with Crippen molar-refractivity contribution in [3.8, 4) is 20.2 Å². The summed E-state index contributed by atoms with van der Waals surface area (Å²) in [6, 6.07) is 14.0. The van der Waals surface area contributed by atoms with Crippen LogP contribution in [0.1, 0.15) is 17.4 Å². The molecule has 2 unspecified atom stereocenters. The molecule has 1 aliphatic heterocycles. The number of aromatic nitrogens is 2. The van der Waals surface area contributed by atoms with Gasteiger partial charge in [-0.15, -0.1) is 22.7 Å². The Kier molecular flexibility index (Phi) is 4.67. The minimum Gasteiger partial charge on any atom is -0.242 e. The molecule has 6 rings (SSSR count). The monoisotopic (exact) mass is 466 g/mol. The van der Waals surface area contributed by atoms with Crippen molar-refractivity contribution in [2.45, 2.75) is 25.9 Å². The van der Waals surface area contributed by atoms with Gasteiger partial charge in [0.2, 0.25) is 0 Å². The quantitative estimate of drug-likeness (QED) is 0.347. The highest BCUT2D eigenvalue weighted by Crippen LogP contribution is 2.42. The average molecular weight is 467 g/mol. The molecular weight excluding hydrogens is 449 g/mol. The summed E-state index contributed by atoms with van der Waals surface area (Å²) in [6.07, 6.45) is 4.51. The van der Waals surface area contributed by atoms with E-state index in [1.165, 1.54) is 53.5 Å². The van der Waals surface area contributed by atoms with E-state index in [0.717, 1.165) is 11.0 Å². The van der Waals surface area contributed by atoms with E-state index in [1.54, 1.807) is 12.1 Å². The number of fused-ring (bicyclic) bond motifs is 2. The molecule has 1 aromatic carbocycles. The third-order valence-electron chi connectivity index (χ3n) is 5.68. The molecule has 4 nitrogen and oxygen atoms in total. The van der Waals surface area contributed by atoms with Crippen molar-refractivity contribution in [1.29, 1.82) is 0 Å². The molecule has 0 bridgehead atoms. The highest BCUT2D eigenvalue weighted by atomic mass is 32.2. The zero-order valence-electron chi connectivity index (χ0n) is 16.3. The van der Waals surface area contributed by atoms with Crippen LogP contribution in [0.15, 0.2) is 54.1 Å². The number of rotatable bonds is 3. The van der Waals surface area contributed by atoms with Gasteiger partial charge in [-0.2, -0.15) is 8.75 Å². The first-order chi connectivity index (χ1) is 14.7. The largest absolute Gasteiger partial charge is 0.242 e. The van der Waals surface area contributed by atoms with Crippen molar-refractivity contribution < 1.29 is 0 Å². The van der Waals surface area contributed by atoms with Gasteiger partial charge in [0.1, 0.15) is 11.0 Å². The van der Waals surface area contributed by atoms with E-state index in [0.29, 0.717) is 12.1 Å². The van der Waals surface area contributed by atoms with Gasteiger partial charge in [-0.1, -0.05) is 29.9 Å². The Morgan fingerprint density at radius 2 is 1.43 bits per heavy atom. The molecule has 8 heteroatoms. The Morgan fingerprint density at radius 3 is 2.30 bits per heavy atom. The maximum Gasteiger partial charge on any atom is 0.113 e. The number of allylic oxidation sites excluding steroid dienone is 2. The molecule has 2 atom stereocenters. The lowest BCUT2D eigenvalue weighted by Gasteiger charge is -2.24.